The van der Waals surface area contributed by atoms with Crippen molar-refractivity contribution >= 4 is 5.69 Å². The fraction of sp³-hybridized carbons (Fsp3) is 0.765. The van der Waals surface area contributed by atoms with E-state index in [1.807, 2.05) is 14.0 Å². The van der Waals surface area contributed by atoms with Crippen LogP contribution in [0.4, 0.5) is 5.69 Å². The van der Waals surface area contributed by atoms with Crippen LogP contribution in [-0.2, 0) is 20.6 Å². The maximum atomic E-state index is 11.4. The van der Waals surface area contributed by atoms with Crippen LogP contribution in [0.15, 0.2) is 9.59 Å². The Bertz CT molecular complexity index is 511. The molecule has 2 N–H and O–H groups in total. The average Bonchev–Trinajstić information content (AvgIpc) is 2.60. The first-order chi connectivity index (χ1) is 11.7. The second kappa shape index (κ2) is 13.1. The molecule has 0 saturated heterocycles. The highest BCUT2D eigenvalue weighted by Gasteiger charge is 2.17. The molecule has 0 aliphatic heterocycles. The van der Waals surface area contributed by atoms with Gasteiger partial charge in [0, 0.05) is 25.3 Å². The first-order valence-electron chi connectivity index (χ1n) is 8.66. The molecule has 0 aliphatic rings. The molecule has 0 fully saturated rings. The topological polar surface area (TPSA) is 85.9 Å². The van der Waals surface area contributed by atoms with E-state index in [2.05, 4.69) is 10.6 Å². The molecule has 0 saturated carbocycles. The minimum Gasteiger partial charge on any atom is -0.381 e. The van der Waals surface area contributed by atoms with Crippen LogP contribution in [0, 0.1) is 0 Å². The zero-order valence-electron chi connectivity index (χ0n) is 14.8. The molecule has 0 aliphatic carbocycles. The third kappa shape index (κ3) is 7.53. The predicted octanol–water partition coefficient (Wildman–Crippen LogP) is 0.306. The van der Waals surface area contributed by atoms with Crippen molar-refractivity contribution in [1.29, 1.82) is 0 Å². The van der Waals surface area contributed by atoms with E-state index in [0.29, 0.717) is 57.3 Å². The minimum absolute atomic E-state index is 0.348. The Hall–Kier alpha value is -1.28. The van der Waals surface area contributed by atoms with Crippen molar-refractivity contribution in [3.8, 4) is 0 Å². The maximum Gasteiger partial charge on any atom is 0.249 e. The molecule has 138 valence electrons. The first kappa shape index (κ1) is 20.8. The second-order valence-electron chi connectivity index (χ2n) is 5.44. The molecule has 24 heavy (non-hydrogen) atoms. The van der Waals surface area contributed by atoms with Crippen LogP contribution in [0.2, 0.25) is 0 Å². The van der Waals surface area contributed by atoms with E-state index in [1.165, 1.54) is 0 Å². The highest BCUT2D eigenvalue weighted by molar-refractivity contribution is 5.56. The number of nitrogens with one attached hydrogen (secondary N) is 2. The lowest BCUT2D eigenvalue weighted by Crippen LogP contribution is -2.38. The Labute approximate surface area is 143 Å². The molecule has 0 radical (unpaired) electrons. The number of ether oxygens (including phenoxy) is 3. The van der Waals surface area contributed by atoms with E-state index >= 15 is 0 Å². The Kier molecular flexibility index (Phi) is 11.3. The lowest BCUT2D eigenvalue weighted by Gasteiger charge is -2.11. The normalized spacial score (nSPS) is 11.2. The van der Waals surface area contributed by atoms with E-state index in [-0.39, 0.29) is 5.43 Å². The predicted molar refractivity (Wildman–Crippen MR) is 94.8 cm³/mol. The third-order valence-electron chi connectivity index (χ3n) is 3.59. The number of rotatable bonds is 16. The van der Waals surface area contributed by atoms with E-state index in [4.69, 9.17) is 14.2 Å². The van der Waals surface area contributed by atoms with Crippen LogP contribution in [-0.4, -0.2) is 59.8 Å². The molecule has 0 unspecified atom stereocenters. The highest BCUT2D eigenvalue weighted by atomic mass is 16.5. The van der Waals surface area contributed by atoms with Crippen molar-refractivity contribution < 1.29 is 14.2 Å². The summed E-state index contributed by atoms with van der Waals surface area (Å²) in [6, 6.07) is 0. The van der Waals surface area contributed by atoms with Gasteiger partial charge in [-0.25, -0.2) is 0 Å². The molecule has 0 amide bonds. The molecule has 7 heteroatoms. The summed E-state index contributed by atoms with van der Waals surface area (Å²) in [6.07, 6.45) is 2.38. The van der Waals surface area contributed by atoms with Gasteiger partial charge in [-0.2, -0.15) is 0 Å². The highest BCUT2D eigenvalue weighted by Crippen LogP contribution is 2.07. The van der Waals surface area contributed by atoms with Gasteiger partial charge >= 0.3 is 0 Å². The van der Waals surface area contributed by atoms with E-state index in [9.17, 15) is 9.59 Å². The largest absolute Gasteiger partial charge is 0.381 e. The second-order valence-corrected chi connectivity index (χ2v) is 5.44. The van der Waals surface area contributed by atoms with Gasteiger partial charge < -0.3 is 24.8 Å². The number of hydrogen-bond acceptors (Lipinski definition) is 7. The standard InChI is InChI=1S/C17H30N2O5/c1-3-14-15(17(21)16(14)20)19-7-5-9-23-11-13-24-12-10-22-8-4-6-18-2/h18-19H,3-13H2,1-2H3. The smallest absolute Gasteiger partial charge is 0.249 e. The zero-order valence-corrected chi connectivity index (χ0v) is 14.8. The van der Waals surface area contributed by atoms with Gasteiger partial charge in [-0.1, -0.05) is 6.92 Å². The van der Waals surface area contributed by atoms with Crippen LogP contribution in [0.3, 0.4) is 0 Å². The molecule has 0 spiro atoms. The van der Waals surface area contributed by atoms with Gasteiger partial charge in [0.15, 0.2) is 0 Å². The first-order valence-corrected chi connectivity index (χ1v) is 8.66. The zero-order chi connectivity index (χ0) is 17.6. The molecule has 1 aromatic carbocycles. The van der Waals surface area contributed by atoms with Crippen molar-refractivity contribution in [3.63, 3.8) is 0 Å². The van der Waals surface area contributed by atoms with Crippen LogP contribution in [0.5, 0.6) is 0 Å². The van der Waals surface area contributed by atoms with E-state index < -0.39 is 5.43 Å². The van der Waals surface area contributed by atoms with Crippen molar-refractivity contribution in [1.82, 2.24) is 5.32 Å². The van der Waals surface area contributed by atoms with E-state index in [0.717, 1.165) is 26.0 Å². The lowest BCUT2D eigenvalue weighted by atomic mass is 10.0. The molecule has 1 aromatic rings. The summed E-state index contributed by atoms with van der Waals surface area (Å²) in [4.78, 5) is 22.6. The van der Waals surface area contributed by atoms with Gasteiger partial charge in [0.25, 0.3) is 0 Å². The fourth-order valence-corrected chi connectivity index (χ4v) is 2.24. The van der Waals surface area contributed by atoms with Gasteiger partial charge in [0.05, 0.1) is 32.1 Å². The van der Waals surface area contributed by atoms with E-state index in [1.54, 1.807) is 0 Å². The van der Waals surface area contributed by atoms with Gasteiger partial charge in [0.2, 0.25) is 10.9 Å². The Morgan fingerprint density at radius 1 is 0.792 bits per heavy atom. The summed E-state index contributed by atoms with van der Waals surface area (Å²) in [5.74, 6) is 0. The fourth-order valence-electron chi connectivity index (χ4n) is 2.24. The quantitative estimate of drug-likeness (QED) is 0.330. The summed E-state index contributed by atoms with van der Waals surface area (Å²) in [7, 11) is 1.92. The summed E-state index contributed by atoms with van der Waals surface area (Å²) in [5.41, 5.74) is 0.358. The molecule has 0 heterocycles. The number of hydrogen-bond donors (Lipinski definition) is 2. The Morgan fingerprint density at radius 3 is 1.88 bits per heavy atom. The minimum atomic E-state index is -0.394. The third-order valence-corrected chi connectivity index (χ3v) is 3.59. The van der Waals surface area contributed by atoms with Crippen molar-refractivity contribution in [2.24, 2.45) is 0 Å². The molecular formula is C17H30N2O5. The molecule has 0 atom stereocenters. The molecule has 1 rings (SSSR count). The molecule has 0 aromatic heterocycles. The summed E-state index contributed by atoms with van der Waals surface area (Å²) in [6.45, 7) is 7.07. The van der Waals surface area contributed by atoms with Crippen molar-refractivity contribution in [2.45, 2.75) is 26.2 Å². The van der Waals surface area contributed by atoms with Crippen LogP contribution >= 0.6 is 0 Å². The Morgan fingerprint density at radius 2 is 1.33 bits per heavy atom. The molecule has 7 nitrogen and oxygen atoms in total. The van der Waals surface area contributed by atoms with Crippen molar-refractivity contribution in [3.05, 3.63) is 26.0 Å². The van der Waals surface area contributed by atoms with Gasteiger partial charge in [-0.05, 0) is 32.9 Å². The van der Waals surface area contributed by atoms with Gasteiger partial charge in [0.1, 0.15) is 0 Å². The van der Waals surface area contributed by atoms with Crippen LogP contribution in [0.1, 0.15) is 25.3 Å². The number of anilines is 1. The summed E-state index contributed by atoms with van der Waals surface area (Å²) in [5, 5.41) is 6.08. The van der Waals surface area contributed by atoms with Gasteiger partial charge in [-0.15, -0.1) is 0 Å². The average molecular weight is 342 g/mol. The summed E-state index contributed by atoms with van der Waals surface area (Å²) >= 11 is 0. The monoisotopic (exact) mass is 342 g/mol. The van der Waals surface area contributed by atoms with Crippen LogP contribution < -0.4 is 21.5 Å². The molecule has 0 bridgehead atoms. The SMILES string of the molecule is CCc1c(NCCCOCCOCCOCCCNC)c(=O)c1=O. The maximum absolute atomic E-state index is 11.4. The van der Waals surface area contributed by atoms with Crippen LogP contribution in [0.25, 0.3) is 0 Å². The Balaban J connectivity index is 1.85. The summed E-state index contributed by atoms with van der Waals surface area (Å²) < 4.78 is 16.2. The lowest BCUT2D eigenvalue weighted by molar-refractivity contribution is 0.0142. The van der Waals surface area contributed by atoms with Crippen molar-refractivity contribution in [2.75, 3.05) is 65.1 Å². The molecular weight excluding hydrogens is 312 g/mol. The van der Waals surface area contributed by atoms with Gasteiger partial charge in [-0.3, -0.25) is 9.59 Å².